The Hall–Kier alpha value is -2.79. The summed E-state index contributed by atoms with van der Waals surface area (Å²) >= 11 is 1.50. The zero-order valence-corrected chi connectivity index (χ0v) is 15.2. The van der Waals surface area contributed by atoms with E-state index in [9.17, 15) is 4.79 Å². The number of pyridine rings is 1. The van der Waals surface area contributed by atoms with Crippen LogP contribution >= 0.6 is 11.8 Å². The van der Waals surface area contributed by atoms with E-state index in [1.165, 1.54) is 11.8 Å². The standard InChI is InChI=1S/C21H21N3OS/c25-20(23-16-8-15-22-17-9-3-1-4-10-17)19-13-7-14-24-21(19)26-18-11-5-2-6-12-18/h1-7,9-14,22H,8,15-16H2,(H,23,25). The molecule has 3 aromatic rings. The van der Waals surface area contributed by atoms with Crippen LogP contribution in [0.25, 0.3) is 0 Å². The lowest BCUT2D eigenvalue weighted by Crippen LogP contribution is -2.26. The Balaban J connectivity index is 1.50. The van der Waals surface area contributed by atoms with Crippen LogP contribution < -0.4 is 10.6 Å². The number of nitrogens with one attached hydrogen (secondary N) is 2. The van der Waals surface area contributed by atoms with Crippen LogP contribution in [0, 0.1) is 0 Å². The van der Waals surface area contributed by atoms with Crippen molar-refractivity contribution in [3.8, 4) is 0 Å². The Morgan fingerprint density at radius 1 is 0.885 bits per heavy atom. The molecule has 3 rings (SSSR count). The zero-order valence-electron chi connectivity index (χ0n) is 14.4. The van der Waals surface area contributed by atoms with E-state index in [1.54, 1.807) is 12.3 Å². The van der Waals surface area contributed by atoms with E-state index in [0.717, 1.165) is 28.6 Å². The molecule has 0 aliphatic heterocycles. The highest BCUT2D eigenvalue weighted by atomic mass is 32.2. The van der Waals surface area contributed by atoms with Gasteiger partial charge in [0.05, 0.1) is 5.56 Å². The number of anilines is 1. The van der Waals surface area contributed by atoms with E-state index in [0.29, 0.717) is 12.1 Å². The van der Waals surface area contributed by atoms with Crippen molar-refractivity contribution in [2.75, 3.05) is 18.4 Å². The molecule has 4 nitrogen and oxygen atoms in total. The van der Waals surface area contributed by atoms with Gasteiger partial charge < -0.3 is 10.6 Å². The fourth-order valence-electron chi connectivity index (χ4n) is 2.42. The maximum absolute atomic E-state index is 12.5. The van der Waals surface area contributed by atoms with Crippen LogP contribution in [-0.4, -0.2) is 24.0 Å². The van der Waals surface area contributed by atoms with Crippen molar-refractivity contribution in [2.45, 2.75) is 16.3 Å². The van der Waals surface area contributed by atoms with E-state index in [1.807, 2.05) is 66.7 Å². The molecule has 5 heteroatoms. The lowest BCUT2D eigenvalue weighted by Gasteiger charge is -2.10. The summed E-state index contributed by atoms with van der Waals surface area (Å²) in [6, 6.07) is 23.6. The summed E-state index contributed by atoms with van der Waals surface area (Å²) in [6.07, 6.45) is 2.56. The van der Waals surface area contributed by atoms with E-state index in [4.69, 9.17) is 0 Å². The van der Waals surface area contributed by atoms with Crippen LogP contribution in [0.15, 0.2) is 88.9 Å². The Labute approximate surface area is 158 Å². The minimum Gasteiger partial charge on any atom is -0.385 e. The Morgan fingerprint density at radius 3 is 2.38 bits per heavy atom. The number of rotatable bonds is 8. The van der Waals surface area contributed by atoms with Gasteiger partial charge in [0.25, 0.3) is 5.91 Å². The number of hydrogen-bond donors (Lipinski definition) is 2. The average molecular weight is 363 g/mol. The third-order valence-corrected chi connectivity index (χ3v) is 4.74. The van der Waals surface area contributed by atoms with Gasteiger partial charge in [-0.2, -0.15) is 0 Å². The third kappa shape index (κ3) is 5.36. The molecule has 0 saturated heterocycles. The van der Waals surface area contributed by atoms with Crippen LogP contribution in [0.2, 0.25) is 0 Å². The summed E-state index contributed by atoms with van der Waals surface area (Å²) in [6.45, 7) is 1.42. The molecule has 26 heavy (non-hydrogen) atoms. The topological polar surface area (TPSA) is 54.0 Å². The van der Waals surface area contributed by atoms with Crippen LogP contribution in [0.1, 0.15) is 16.8 Å². The Bertz CT molecular complexity index is 825. The van der Waals surface area contributed by atoms with Gasteiger partial charge >= 0.3 is 0 Å². The van der Waals surface area contributed by atoms with Gasteiger partial charge in [0.1, 0.15) is 5.03 Å². The van der Waals surface area contributed by atoms with Gasteiger partial charge in [-0.25, -0.2) is 4.98 Å². The molecule has 0 atom stereocenters. The first-order chi connectivity index (χ1) is 12.8. The number of benzene rings is 2. The average Bonchev–Trinajstić information content (AvgIpc) is 2.69. The number of nitrogens with zero attached hydrogens (tertiary/aromatic N) is 1. The SMILES string of the molecule is O=C(NCCCNc1ccccc1)c1cccnc1Sc1ccccc1. The molecule has 1 amide bonds. The zero-order chi connectivity index (χ0) is 18.0. The number of hydrogen-bond acceptors (Lipinski definition) is 4. The van der Waals surface area contributed by atoms with Gasteiger partial charge in [-0.15, -0.1) is 0 Å². The Morgan fingerprint density at radius 2 is 1.62 bits per heavy atom. The second-order valence-corrected chi connectivity index (χ2v) is 6.74. The number of aromatic nitrogens is 1. The lowest BCUT2D eigenvalue weighted by atomic mass is 10.2. The summed E-state index contributed by atoms with van der Waals surface area (Å²) < 4.78 is 0. The number of carbonyl (C=O) groups excluding carboxylic acids is 1. The summed E-state index contributed by atoms with van der Waals surface area (Å²) in [4.78, 5) is 17.9. The second-order valence-electron chi connectivity index (χ2n) is 5.67. The van der Waals surface area contributed by atoms with Gasteiger partial charge in [0.2, 0.25) is 0 Å². The van der Waals surface area contributed by atoms with E-state index >= 15 is 0 Å². The molecule has 0 aliphatic rings. The minimum atomic E-state index is -0.0868. The van der Waals surface area contributed by atoms with Crippen LogP contribution in [0.3, 0.4) is 0 Å². The molecular formula is C21H21N3OS. The summed E-state index contributed by atoms with van der Waals surface area (Å²) in [5.74, 6) is -0.0868. The minimum absolute atomic E-state index is 0.0868. The van der Waals surface area contributed by atoms with Crippen molar-refractivity contribution >= 4 is 23.4 Å². The predicted molar refractivity (Wildman–Crippen MR) is 107 cm³/mol. The first-order valence-corrected chi connectivity index (χ1v) is 9.39. The van der Waals surface area contributed by atoms with Gasteiger partial charge in [0.15, 0.2) is 0 Å². The Kier molecular flexibility index (Phi) is 6.67. The third-order valence-electron chi connectivity index (χ3n) is 3.72. The van der Waals surface area contributed by atoms with Crippen molar-refractivity contribution in [1.29, 1.82) is 0 Å². The largest absolute Gasteiger partial charge is 0.385 e. The summed E-state index contributed by atoms with van der Waals surface area (Å²) in [5.41, 5.74) is 1.70. The van der Waals surface area contributed by atoms with Gasteiger partial charge in [-0.05, 0) is 42.8 Å². The first-order valence-electron chi connectivity index (χ1n) is 8.58. The normalized spacial score (nSPS) is 10.3. The molecule has 0 bridgehead atoms. The second kappa shape index (κ2) is 9.63. The van der Waals surface area contributed by atoms with Crippen LogP contribution in [-0.2, 0) is 0 Å². The van der Waals surface area contributed by atoms with E-state index in [-0.39, 0.29) is 5.91 Å². The maximum Gasteiger partial charge on any atom is 0.254 e. The van der Waals surface area contributed by atoms with Crippen LogP contribution in [0.5, 0.6) is 0 Å². The molecule has 0 saturated carbocycles. The van der Waals surface area contributed by atoms with Gasteiger partial charge in [-0.3, -0.25) is 4.79 Å². The molecule has 0 fully saturated rings. The smallest absolute Gasteiger partial charge is 0.254 e. The molecule has 132 valence electrons. The fraction of sp³-hybridized carbons (Fsp3) is 0.143. The highest BCUT2D eigenvalue weighted by molar-refractivity contribution is 7.99. The molecule has 0 spiro atoms. The van der Waals surface area contributed by atoms with Gasteiger partial charge in [0, 0.05) is 29.9 Å². The van der Waals surface area contributed by atoms with Crippen LogP contribution in [0.4, 0.5) is 5.69 Å². The predicted octanol–water partition coefficient (Wildman–Crippen LogP) is 4.46. The number of para-hydroxylation sites is 1. The summed E-state index contributed by atoms with van der Waals surface area (Å²) in [7, 11) is 0. The molecule has 0 unspecified atom stereocenters. The van der Waals surface area contributed by atoms with Crippen molar-refractivity contribution in [2.24, 2.45) is 0 Å². The highest BCUT2D eigenvalue weighted by Gasteiger charge is 2.12. The monoisotopic (exact) mass is 363 g/mol. The fourth-order valence-corrected chi connectivity index (χ4v) is 3.32. The molecule has 2 N–H and O–H groups in total. The van der Waals surface area contributed by atoms with Crippen molar-refractivity contribution in [1.82, 2.24) is 10.3 Å². The van der Waals surface area contributed by atoms with Crippen molar-refractivity contribution in [3.05, 3.63) is 84.6 Å². The molecule has 1 heterocycles. The van der Waals surface area contributed by atoms with Gasteiger partial charge in [-0.1, -0.05) is 48.2 Å². The quantitative estimate of drug-likeness (QED) is 0.580. The lowest BCUT2D eigenvalue weighted by molar-refractivity contribution is 0.0950. The van der Waals surface area contributed by atoms with E-state index in [2.05, 4.69) is 15.6 Å². The van der Waals surface area contributed by atoms with E-state index < -0.39 is 0 Å². The molecular weight excluding hydrogens is 342 g/mol. The number of amides is 1. The maximum atomic E-state index is 12.5. The van der Waals surface area contributed by atoms with Crippen molar-refractivity contribution < 1.29 is 4.79 Å². The molecule has 1 aromatic heterocycles. The number of carbonyl (C=O) groups is 1. The molecule has 0 aliphatic carbocycles. The highest BCUT2D eigenvalue weighted by Crippen LogP contribution is 2.28. The molecule has 0 radical (unpaired) electrons. The van der Waals surface area contributed by atoms with Crippen molar-refractivity contribution in [3.63, 3.8) is 0 Å². The summed E-state index contributed by atoms with van der Waals surface area (Å²) in [5, 5.41) is 7.03. The molecule has 2 aromatic carbocycles. The first kappa shape index (κ1) is 18.0.